The molecular weight excluding hydrogens is 316 g/mol. The summed E-state index contributed by atoms with van der Waals surface area (Å²) in [5.41, 5.74) is 1.64. The highest BCUT2D eigenvalue weighted by Crippen LogP contribution is 2.14. The second-order valence-corrected chi connectivity index (χ2v) is 5.19. The van der Waals surface area contributed by atoms with Crippen molar-refractivity contribution in [2.45, 2.75) is 19.8 Å². The van der Waals surface area contributed by atoms with Gasteiger partial charge in [-0.1, -0.05) is 18.2 Å². The van der Waals surface area contributed by atoms with E-state index in [0.29, 0.717) is 12.1 Å². The summed E-state index contributed by atoms with van der Waals surface area (Å²) < 4.78 is 3.30. The van der Waals surface area contributed by atoms with Crippen LogP contribution in [-0.2, 0) is 11.8 Å². The zero-order valence-electron chi connectivity index (χ0n) is 13.6. The molecule has 2 aromatic rings. The van der Waals surface area contributed by atoms with Crippen LogP contribution < -0.4 is 16.2 Å². The van der Waals surface area contributed by atoms with E-state index in [2.05, 4.69) is 10.6 Å². The van der Waals surface area contributed by atoms with Gasteiger partial charge in [0.2, 0.25) is 5.91 Å². The fourth-order valence-electron chi connectivity index (χ4n) is 2.34. The zero-order chi connectivity index (χ0) is 16.1. The van der Waals surface area contributed by atoms with E-state index in [-0.39, 0.29) is 23.9 Å². The Bertz CT molecular complexity index is 707. The van der Waals surface area contributed by atoms with Crippen LogP contribution in [0.15, 0.2) is 35.1 Å². The van der Waals surface area contributed by atoms with E-state index in [1.165, 1.54) is 0 Å². The average Bonchev–Trinajstić information content (AvgIpc) is 2.72. The number of nitrogens with one attached hydrogen (secondary N) is 2. The van der Waals surface area contributed by atoms with Crippen LogP contribution in [0.5, 0.6) is 0 Å². The van der Waals surface area contributed by atoms with Crippen molar-refractivity contribution in [2.24, 2.45) is 7.05 Å². The van der Waals surface area contributed by atoms with Crippen molar-refractivity contribution in [3.05, 3.63) is 46.4 Å². The minimum Gasteiger partial charge on any atom is -0.320 e. The highest BCUT2D eigenvalue weighted by Gasteiger charge is 2.17. The van der Waals surface area contributed by atoms with Gasteiger partial charge in [-0.15, -0.1) is 12.4 Å². The van der Waals surface area contributed by atoms with Crippen molar-refractivity contribution in [2.75, 3.05) is 18.9 Å². The number of aromatic nitrogens is 2. The number of para-hydroxylation sites is 1. The largest absolute Gasteiger partial charge is 0.320 e. The predicted octanol–water partition coefficient (Wildman–Crippen LogP) is 1.84. The third-order valence-corrected chi connectivity index (χ3v) is 3.65. The van der Waals surface area contributed by atoms with Crippen LogP contribution in [0.25, 0.3) is 5.69 Å². The Morgan fingerprint density at radius 3 is 2.48 bits per heavy atom. The molecule has 1 aromatic carbocycles. The van der Waals surface area contributed by atoms with Crippen molar-refractivity contribution in [1.29, 1.82) is 0 Å². The van der Waals surface area contributed by atoms with E-state index in [1.54, 1.807) is 16.4 Å². The molecule has 0 aliphatic carbocycles. The molecule has 0 atom stereocenters. The van der Waals surface area contributed by atoms with Crippen LogP contribution in [0.1, 0.15) is 18.5 Å². The first-order valence-electron chi connectivity index (χ1n) is 7.34. The fourth-order valence-corrected chi connectivity index (χ4v) is 2.34. The average molecular weight is 339 g/mol. The quantitative estimate of drug-likeness (QED) is 0.790. The monoisotopic (exact) mass is 338 g/mol. The Morgan fingerprint density at radius 1 is 1.22 bits per heavy atom. The maximum absolute atomic E-state index is 12.6. The number of rotatable bonds is 6. The van der Waals surface area contributed by atoms with Crippen LogP contribution in [0.3, 0.4) is 0 Å². The smallest absolute Gasteiger partial charge is 0.295 e. The summed E-state index contributed by atoms with van der Waals surface area (Å²) >= 11 is 0. The van der Waals surface area contributed by atoms with Gasteiger partial charge in [-0.25, -0.2) is 4.68 Å². The van der Waals surface area contributed by atoms with Gasteiger partial charge in [0, 0.05) is 13.5 Å². The molecular formula is C16H23ClN4O2. The Labute approximate surface area is 141 Å². The molecule has 0 fully saturated rings. The molecule has 1 heterocycles. The predicted molar refractivity (Wildman–Crippen MR) is 94.8 cm³/mol. The lowest BCUT2D eigenvalue weighted by Crippen LogP contribution is -2.23. The normalized spacial score (nSPS) is 10.2. The molecule has 2 rings (SSSR count). The van der Waals surface area contributed by atoms with Crippen LogP contribution >= 0.6 is 12.4 Å². The highest BCUT2D eigenvalue weighted by atomic mass is 35.5. The van der Waals surface area contributed by atoms with E-state index in [1.807, 2.05) is 44.3 Å². The third-order valence-electron chi connectivity index (χ3n) is 3.65. The summed E-state index contributed by atoms with van der Waals surface area (Å²) in [7, 11) is 3.65. The van der Waals surface area contributed by atoms with Gasteiger partial charge in [-0.05, 0) is 39.1 Å². The summed E-state index contributed by atoms with van der Waals surface area (Å²) in [4.78, 5) is 24.5. The maximum Gasteiger partial charge on any atom is 0.295 e. The van der Waals surface area contributed by atoms with Gasteiger partial charge in [0.1, 0.15) is 5.69 Å². The van der Waals surface area contributed by atoms with E-state index in [0.717, 1.165) is 24.3 Å². The fraction of sp³-hybridized carbons (Fsp3) is 0.375. The molecule has 1 amide bonds. The molecule has 0 aliphatic rings. The summed E-state index contributed by atoms with van der Waals surface area (Å²) in [5.74, 6) is -0.138. The summed E-state index contributed by atoms with van der Waals surface area (Å²) in [6, 6.07) is 9.37. The van der Waals surface area contributed by atoms with Crippen molar-refractivity contribution in [3.63, 3.8) is 0 Å². The van der Waals surface area contributed by atoms with Gasteiger partial charge in [0.05, 0.1) is 11.4 Å². The van der Waals surface area contributed by atoms with Gasteiger partial charge in [0.15, 0.2) is 0 Å². The first kappa shape index (κ1) is 19.0. The first-order valence-corrected chi connectivity index (χ1v) is 7.34. The maximum atomic E-state index is 12.6. The molecule has 0 saturated carbocycles. The SMILES string of the molecule is CNCCCC(=O)Nc1c(C)n(C)n(-c2ccccc2)c1=O.Cl. The number of nitrogens with zero attached hydrogens (tertiary/aromatic N) is 2. The molecule has 23 heavy (non-hydrogen) atoms. The molecule has 6 nitrogen and oxygen atoms in total. The lowest BCUT2D eigenvalue weighted by atomic mass is 10.3. The summed E-state index contributed by atoms with van der Waals surface area (Å²) in [6.07, 6.45) is 1.13. The van der Waals surface area contributed by atoms with Gasteiger partial charge in [-0.2, -0.15) is 0 Å². The van der Waals surface area contributed by atoms with Crippen molar-refractivity contribution >= 4 is 24.0 Å². The number of hydrogen-bond acceptors (Lipinski definition) is 3. The number of carbonyl (C=O) groups is 1. The van der Waals surface area contributed by atoms with Crippen LogP contribution in [-0.4, -0.2) is 28.9 Å². The molecule has 126 valence electrons. The van der Waals surface area contributed by atoms with Crippen LogP contribution in [0, 0.1) is 6.92 Å². The van der Waals surface area contributed by atoms with Gasteiger partial charge >= 0.3 is 0 Å². The topological polar surface area (TPSA) is 68.1 Å². The number of benzene rings is 1. The van der Waals surface area contributed by atoms with Crippen LogP contribution in [0.2, 0.25) is 0 Å². The third kappa shape index (κ3) is 4.24. The second kappa shape index (κ2) is 8.55. The molecule has 1 aromatic heterocycles. The number of carbonyl (C=O) groups excluding carboxylic acids is 1. The van der Waals surface area contributed by atoms with E-state index >= 15 is 0 Å². The molecule has 0 unspecified atom stereocenters. The minimum atomic E-state index is -0.215. The van der Waals surface area contributed by atoms with Gasteiger partial charge < -0.3 is 10.6 Å². The Morgan fingerprint density at radius 2 is 1.87 bits per heavy atom. The van der Waals surface area contributed by atoms with E-state index in [4.69, 9.17) is 0 Å². The Hall–Kier alpha value is -2.05. The van der Waals surface area contributed by atoms with Crippen LogP contribution in [0.4, 0.5) is 5.69 Å². The Kier molecular flexibility index (Phi) is 7.06. The molecule has 2 N–H and O–H groups in total. The molecule has 0 radical (unpaired) electrons. The molecule has 7 heteroatoms. The molecule has 0 bridgehead atoms. The molecule has 0 spiro atoms. The molecule has 0 saturated heterocycles. The summed E-state index contributed by atoms with van der Waals surface area (Å²) in [6.45, 7) is 2.60. The number of anilines is 1. The van der Waals surface area contributed by atoms with Crippen molar-refractivity contribution < 1.29 is 4.79 Å². The lowest BCUT2D eigenvalue weighted by Gasteiger charge is -2.07. The summed E-state index contributed by atoms with van der Waals surface area (Å²) in [5, 5.41) is 5.74. The molecule has 0 aliphatic heterocycles. The highest BCUT2D eigenvalue weighted by molar-refractivity contribution is 5.91. The Balaban J connectivity index is 0.00000264. The number of halogens is 1. The lowest BCUT2D eigenvalue weighted by molar-refractivity contribution is -0.116. The number of hydrogen-bond donors (Lipinski definition) is 2. The first-order chi connectivity index (χ1) is 10.6. The van der Waals surface area contributed by atoms with Crippen molar-refractivity contribution in [3.8, 4) is 5.69 Å². The van der Waals surface area contributed by atoms with Gasteiger partial charge in [-0.3, -0.25) is 14.3 Å². The number of amides is 1. The standard InChI is InChI=1S/C16H22N4O2.ClH/c1-12-15(18-14(21)10-7-11-17-2)16(22)20(19(12)3)13-8-5-4-6-9-13;/h4-6,8-9,17H,7,10-11H2,1-3H3,(H,18,21);1H. The zero-order valence-corrected chi connectivity index (χ0v) is 14.4. The van der Waals surface area contributed by atoms with E-state index in [9.17, 15) is 9.59 Å². The van der Waals surface area contributed by atoms with Crippen molar-refractivity contribution in [1.82, 2.24) is 14.7 Å². The second-order valence-electron chi connectivity index (χ2n) is 5.19. The van der Waals surface area contributed by atoms with E-state index < -0.39 is 0 Å². The van der Waals surface area contributed by atoms with Gasteiger partial charge in [0.25, 0.3) is 5.56 Å². The minimum absolute atomic E-state index is 0.